The quantitative estimate of drug-likeness (QED) is 0.703. The second kappa shape index (κ2) is 8.86. The first-order valence-corrected chi connectivity index (χ1v) is 8.11. The molecule has 0 atom stereocenters. The van der Waals surface area contributed by atoms with E-state index in [1.165, 1.54) is 25.3 Å². The number of ether oxygens (including phenoxy) is 1. The first-order chi connectivity index (χ1) is 12.1. The van der Waals surface area contributed by atoms with E-state index in [4.69, 9.17) is 9.26 Å². The van der Waals surface area contributed by atoms with Crippen molar-refractivity contribution in [3.05, 3.63) is 29.6 Å². The number of methoxy groups -OCH3 is 1. The Morgan fingerprint density at radius 1 is 1.46 bits per heavy atom. The van der Waals surface area contributed by atoms with E-state index < -0.39 is 11.8 Å². The van der Waals surface area contributed by atoms with Gasteiger partial charge in [0.2, 0.25) is 0 Å². The number of piperidine rings is 1. The van der Waals surface area contributed by atoms with E-state index in [-0.39, 0.29) is 35.3 Å². The van der Waals surface area contributed by atoms with Gasteiger partial charge in [0.05, 0.1) is 7.11 Å². The van der Waals surface area contributed by atoms with Crippen LogP contribution in [0.4, 0.5) is 10.2 Å². The molecule has 3 rings (SSSR count). The number of carboxylic acid groups (broad SMARTS) is 1. The summed E-state index contributed by atoms with van der Waals surface area (Å²) in [5.74, 6) is -0.981. The number of aromatic carboxylic acids is 1. The fourth-order valence-corrected chi connectivity index (χ4v) is 2.93. The predicted octanol–water partition coefficient (Wildman–Crippen LogP) is 3.02. The lowest BCUT2D eigenvalue weighted by Gasteiger charge is -2.22. The fourth-order valence-electron chi connectivity index (χ4n) is 2.93. The molecule has 0 radical (unpaired) electrons. The van der Waals surface area contributed by atoms with Crippen LogP contribution in [-0.4, -0.2) is 43.0 Å². The van der Waals surface area contributed by atoms with Gasteiger partial charge in [0.25, 0.3) is 0 Å². The number of carboxylic acids is 1. The second-order valence-corrected chi connectivity index (χ2v) is 5.96. The van der Waals surface area contributed by atoms with Crippen LogP contribution < -0.4 is 15.4 Å². The number of nitrogens with zero attached hydrogens (tertiary/aromatic N) is 1. The van der Waals surface area contributed by atoms with Gasteiger partial charge in [-0.2, -0.15) is 0 Å². The molecule has 0 spiro atoms. The Morgan fingerprint density at radius 2 is 2.19 bits per heavy atom. The van der Waals surface area contributed by atoms with Crippen molar-refractivity contribution >= 4 is 24.2 Å². The summed E-state index contributed by atoms with van der Waals surface area (Å²) in [4.78, 5) is 11.7. The zero-order valence-electron chi connectivity index (χ0n) is 14.3. The number of hydrogen-bond donors (Lipinski definition) is 3. The van der Waals surface area contributed by atoms with E-state index in [0.717, 1.165) is 25.9 Å². The Hall–Kier alpha value is -2.32. The summed E-state index contributed by atoms with van der Waals surface area (Å²) in [6, 6.07) is 4.02. The Labute approximate surface area is 156 Å². The number of rotatable bonds is 6. The van der Waals surface area contributed by atoms with Gasteiger partial charge < -0.3 is 25.0 Å². The zero-order chi connectivity index (χ0) is 17.8. The number of carbonyl (C=O) groups is 1. The maximum atomic E-state index is 13.6. The molecule has 26 heavy (non-hydrogen) atoms. The third kappa shape index (κ3) is 4.25. The average Bonchev–Trinajstić information content (AvgIpc) is 3.05. The number of aromatic nitrogens is 1. The monoisotopic (exact) mass is 385 g/mol. The third-order valence-electron chi connectivity index (χ3n) is 4.34. The molecule has 0 aliphatic carbocycles. The summed E-state index contributed by atoms with van der Waals surface area (Å²) in [5.41, 5.74) is 0.320. The van der Waals surface area contributed by atoms with Crippen LogP contribution in [0.5, 0.6) is 5.75 Å². The highest BCUT2D eigenvalue weighted by Crippen LogP contribution is 2.32. The second-order valence-electron chi connectivity index (χ2n) is 5.96. The van der Waals surface area contributed by atoms with Gasteiger partial charge >= 0.3 is 5.97 Å². The number of anilines is 1. The van der Waals surface area contributed by atoms with Crippen molar-refractivity contribution < 1.29 is 23.6 Å². The van der Waals surface area contributed by atoms with Crippen molar-refractivity contribution in [2.45, 2.75) is 12.8 Å². The third-order valence-corrected chi connectivity index (χ3v) is 4.34. The van der Waals surface area contributed by atoms with Crippen molar-refractivity contribution in [3.8, 4) is 17.1 Å². The summed E-state index contributed by atoms with van der Waals surface area (Å²) in [6.45, 7) is 2.54. The maximum absolute atomic E-state index is 13.6. The normalized spacial score (nSPS) is 14.5. The number of benzene rings is 1. The van der Waals surface area contributed by atoms with Crippen molar-refractivity contribution in [2.24, 2.45) is 5.92 Å². The zero-order valence-corrected chi connectivity index (χ0v) is 15.1. The highest BCUT2D eigenvalue weighted by molar-refractivity contribution is 5.99. The fraction of sp³-hybridized carbons (Fsp3) is 0.412. The van der Waals surface area contributed by atoms with Crippen LogP contribution in [0.25, 0.3) is 11.3 Å². The van der Waals surface area contributed by atoms with Gasteiger partial charge in [-0.1, -0.05) is 5.16 Å². The van der Waals surface area contributed by atoms with E-state index in [9.17, 15) is 14.3 Å². The molecular weight excluding hydrogens is 365 g/mol. The van der Waals surface area contributed by atoms with Crippen LogP contribution in [0.1, 0.15) is 23.2 Å². The molecule has 1 aliphatic heterocycles. The lowest BCUT2D eigenvalue weighted by Crippen LogP contribution is -2.31. The first kappa shape index (κ1) is 20.0. The molecule has 142 valence electrons. The van der Waals surface area contributed by atoms with Gasteiger partial charge in [-0.05, 0) is 50.0 Å². The van der Waals surface area contributed by atoms with Crippen molar-refractivity contribution in [1.82, 2.24) is 10.5 Å². The molecular formula is C17H21ClFN3O4. The van der Waals surface area contributed by atoms with E-state index >= 15 is 0 Å². The average molecular weight is 386 g/mol. The minimum absolute atomic E-state index is 0. The Kier molecular flexibility index (Phi) is 6.82. The Bertz CT molecular complexity index is 762. The Balaban J connectivity index is 0.00000243. The Morgan fingerprint density at radius 3 is 2.85 bits per heavy atom. The van der Waals surface area contributed by atoms with Crippen molar-refractivity contribution in [3.63, 3.8) is 0 Å². The molecule has 0 unspecified atom stereocenters. The van der Waals surface area contributed by atoms with Crippen LogP contribution in [0, 0.1) is 11.7 Å². The summed E-state index contributed by atoms with van der Waals surface area (Å²) >= 11 is 0. The highest BCUT2D eigenvalue weighted by Gasteiger charge is 2.25. The topological polar surface area (TPSA) is 96.6 Å². The molecule has 1 saturated heterocycles. The van der Waals surface area contributed by atoms with Crippen LogP contribution in [0.15, 0.2) is 22.7 Å². The number of hydrogen-bond acceptors (Lipinski definition) is 6. The molecule has 0 bridgehead atoms. The van der Waals surface area contributed by atoms with E-state index in [1.54, 1.807) is 0 Å². The van der Waals surface area contributed by atoms with Crippen LogP contribution >= 0.6 is 12.4 Å². The van der Waals surface area contributed by atoms with Gasteiger partial charge in [-0.15, -0.1) is 12.4 Å². The van der Waals surface area contributed by atoms with Gasteiger partial charge in [0.15, 0.2) is 28.7 Å². The van der Waals surface area contributed by atoms with E-state index in [1.807, 2.05) is 0 Å². The minimum Gasteiger partial charge on any atom is -0.494 e. The van der Waals surface area contributed by atoms with Gasteiger partial charge in [0.1, 0.15) is 0 Å². The lowest BCUT2D eigenvalue weighted by atomic mass is 9.98. The van der Waals surface area contributed by atoms with E-state index in [2.05, 4.69) is 15.8 Å². The van der Waals surface area contributed by atoms with Crippen LogP contribution in [-0.2, 0) is 0 Å². The van der Waals surface area contributed by atoms with Crippen LogP contribution in [0.2, 0.25) is 0 Å². The molecule has 0 saturated carbocycles. The van der Waals surface area contributed by atoms with Gasteiger partial charge in [0, 0.05) is 12.1 Å². The molecule has 3 N–H and O–H groups in total. The number of halogens is 2. The molecule has 1 aromatic heterocycles. The molecule has 1 fully saturated rings. The van der Waals surface area contributed by atoms with Gasteiger partial charge in [-0.3, -0.25) is 0 Å². The van der Waals surface area contributed by atoms with Crippen molar-refractivity contribution in [1.29, 1.82) is 0 Å². The van der Waals surface area contributed by atoms with Crippen LogP contribution in [0.3, 0.4) is 0 Å². The SMILES string of the molecule is COc1cc(-c2onc(NCC3CCNCC3)c2C(=O)O)ccc1F.Cl. The summed E-state index contributed by atoms with van der Waals surface area (Å²) in [6.07, 6.45) is 2.05. The number of nitrogens with one attached hydrogen (secondary N) is 2. The molecule has 1 aliphatic rings. The highest BCUT2D eigenvalue weighted by atomic mass is 35.5. The molecule has 0 amide bonds. The lowest BCUT2D eigenvalue weighted by molar-refractivity contribution is 0.0698. The minimum atomic E-state index is -1.16. The molecule has 9 heteroatoms. The maximum Gasteiger partial charge on any atom is 0.343 e. The molecule has 1 aromatic carbocycles. The summed E-state index contributed by atoms with van der Waals surface area (Å²) in [5, 5.41) is 19.8. The molecule has 2 heterocycles. The summed E-state index contributed by atoms with van der Waals surface area (Å²) < 4.78 is 23.7. The first-order valence-electron chi connectivity index (χ1n) is 8.11. The molecule has 2 aromatic rings. The molecule has 7 nitrogen and oxygen atoms in total. The smallest absolute Gasteiger partial charge is 0.343 e. The standard InChI is InChI=1S/C17H20FN3O4.ClH/c1-24-13-8-11(2-3-12(13)18)15-14(17(22)23)16(21-25-15)20-9-10-4-6-19-7-5-10;/h2-3,8,10,19H,4-7,9H2,1H3,(H,20,21)(H,22,23);1H. The largest absolute Gasteiger partial charge is 0.494 e. The predicted molar refractivity (Wildman–Crippen MR) is 96.7 cm³/mol. The van der Waals surface area contributed by atoms with Crippen molar-refractivity contribution in [2.75, 3.05) is 32.1 Å². The summed E-state index contributed by atoms with van der Waals surface area (Å²) in [7, 11) is 1.34. The van der Waals surface area contributed by atoms with E-state index in [0.29, 0.717) is 18.0 Å². The van der Waals surface area contributed by atoms with Gasteiger partial charge in [-0.25, -0.2) is 9.18 Å².